The van der Waals surface area contributed by atoms with E-state index in [0.29, 0.717) is 50.5 Å². The molecule has 7 rings (SSSR count). The minimum absolute atomic E-state index is 0.0353. The normalized spacial score (nSPS) is 14.4. The number of fused-ring (bicyclic) bond motifs is 2. The topological polar surface area (TPSA) is 551 Å². The molecule has 0 unspecified atom stereocenters. The second-order valence-corrected chi connectivity index (χ2v) is 27.8. The number of benzene rings is 4. The Labute approximate surface area is 654 Å². The molecule has 37 heteroatoms. The first-order valence-corrected chi connectivity index (χ1v) is 37.2. The number of rotatable bonds is 44. The highest BCUT2D eigenvalue weighted by molar-refractivity contribution is 7.80. The van der Waals surface area contributed by atoms with E-state index in [0.717, 1.165) is 0 Å². The predicted molar refractivity (Wildman–Crippen MR) is 415 cm³/mol. The van der Waals surface area contributed by atoms with Crippen LogP contribution in [0.1, 0.15) is 81.3 Å². The SMILES string of the molecule is CC(=O)N[C@@H](CS)C(=O)N[C@@H](CCCCN)C(=O)N[C@@H](CC(=O)O)C(=O)N[C@@H](Cc1c[nH]c2ccccc12)C(=O)N[C@H](C(=O)N[C@@H](CS)C(=O)N[C@@H](Cc1ccc(O)cc1)C(=O)N[C@@H](Cc1c[nH]c2ccccc12)C(=O)N[C@@H](Cc1cnc[nH]1)C(=O)N[C@H](C(=O)N[C@@H](Cc1ccccc1)C(=O)NCC(=O)O)[C@@H](C)O)C(C)C. The van der Waals surface area contributed by atoms with Gasteiger partial charge in [-0.2, -0.15) is 25.3 Å². The number of aliphatic carboxylic acids is 2. The van der Waals surface area contributed by atoms with Gasteiger partial charge in [0.25, 0.3) is 0 Å². The third kappa shape index (κ3) is 26.5. The number of unbranched alkanes of at least 4 members (excludes halogenated alkanes) is 1. The Bertz CT molecular complexity index is 4430. The number of H-pyrrole nitrogens is 3. The number of aliphatic hydroxyl groups excluding tert-OH is 1. The lowest BCUT2D eigenvalue weighted by Gasteiger charge is -2.29. The third-order valence-corrected chi connectivity index (χ3v) is 18.7. The van der Waals surface area contributed by atoms with Crippen molar-refractivity contribution in [2.45, 2.75) is 158 Å². The molecule has 21 N–H and O–H groups in total. The van der Waals surface area contributed by atoms with Crippen LogP contribution in [0.4, 0.5) is 0 Å². The molecule has 12 atom stereocenters. The van der Waals surface area contributed by atoms with Crippen LogP contribution in [0.15, 0.2) is 128 Å². The molecule has 12 amide bonds. The average Bonchev–Trinajstić information content (AvgIpc) is 1.61. The summed E-state index contributed by atoms with van der Waals surface area (Å²) in [6.07, 6.45) is 2.40. The second kappa shape index (κ2) is 43.0. The molecule has 0 spiro atoms. The summed E-state index contributed by atoms with van der Waals surface area (Å²) in [4.78, 5) is 208. The molecule has 0 aliphatic carbocycles. The maximum Gasteiger partial charge on any atom is 0.322 e. The van der Waals surface area contributed by atoms with Gasteiger partial charge in [-0.15, -0.1) is 0 Å². The number of aromatic nitrogens is 4. The molecule has 0 saturated carbocycles. The fourth-order valence-electron chi connectivity index (χ4n) is 12.1. The van der Waals surface area contributed by atoms with E-state index in [1.807, 2.05) is 0 Å². The number of aromatic amines is 3. The number of nitrogens with two attached hydrogens (primary N) is 1. The number of aromatic hydroxyl groups is 1. The highest BCUT2D eigenvalue weighted by atomic mass is 32.1. The Balaban J connectivity index is 1.14. The van der Waals surface area contributed by atoms with E-state index in [9.17, 15) is 78.0 Å². The Morgan fingerprint density at radius 1 is 0.446 bits per heavy atom. The van der Waals surface area contributed by atoms with E-state index < -0.39 is 180 Å². The fourth-order valence-corrected chi connectivity index (χ4v) is 12.6. The number of para-hydroxylation sites is 2. The first kappa shape index (κ1) is 87.4. The number of carbonyl (C=O) groups is 14. The number of nitrogens with one attached hydrogen (secondary N) is 15. The standard InChI is InChI=1S/C75H95N17O18S2/c1-39(2)63(91-70(105)56(29-45-33-79-51-19-11-9-17-49(45)51)86-69(104)58(31-61(96)97)88-66(101)52(20-12-13-25-76)83-72(107)59(36-111)82-41(4)94)74(109)90-60(37-112)73(108)84-54(27-43-21-23-47(95)24-22-43)67(102)85-55(28-44-32-78-50-18-10-8-16-48(44)50)68(103)87-57(30-46-34-77-38-81-46)71(106)92-64(40(3)93)75(110)89-53(65(100)80-35-62(98)99)26-42-14-6-5-7-15-42/h5-11,14-19,21-24,32-34,38-40,52-60,63-64,78-79,93,95,111-112H,12-13,20,25-31,35-37,76H2,1-4H3,(H,77,81)(H,80,100)(H,82,94)(H,83,107)(H,84,108)(H,85,102)(H,86,104)(H,87,103)(H,88,101)(H,89,110)(H,90,109)(H,91,105)(H,92,106)(H,96,97)(H,98,99)/t40-,52+,53+,54+,55+,56+,57+,58+,59+,60+,63+,64+/m1/s1. The van der Waals surface area contributed by atoms with Gasteiger partial charge in [-0.05, 0) is 85.2 Å². The number of phenols is 1. The number of carboxylic acids is 2. The van der Waals surface area contributed by atoms with E-state index in [1.54, 1.807) is 105 Å². The highest BCUT2D eigenvalue weighted by Gasteiger charge is 2.39. The molecule has 0 aliphatic rings. The molecule has 3 heterocycles. The van der Waals surface area contributed by atoms with Crippen molar-refractivity contribution in [3.63, 3.8) is 0 Å². The van der Waals surface area contributed by atoms with Crippen molar-refractivity contribution in [2.24, 2.45) is 11.7 Å². The van der Waals surface area contributed by atoms with Gasteiger partial charge in [0.15, 0.2) is 0 Å². The van der Waals surface area contributed by atoms with Crippen LogP contribution in [-0.4, -0.2) is 220 Å². The van der Waals surface area contributed by atoms with Crippen LogP contribution in [0.5, 0.6) is 5.75 Å². The molecule has 0 fully saturated rings. The van der Waals surface area contributed by atoms with Gasteiger partial charge in [0.05, 0.1) is 18.9 Å². The third-order valence-electron chi connectivity index (χ3n) is 18.0. The van der Waals surface area contributed by atoms with Gasteiger partial charge >= 0.3 is 11.9 Å². The molecule has 600 valence electrons. The number of hydrogen-bond donors (Lipinski definition) is 22. The van der Waals surface area contributed by atoms with Crippen molar-refractivity contribution in [3.8, 4) is 5.75 Å². The Morgan fingerprint density at radius 3 is 1.36 bits per heavy atom. The zero-order valence-electron chi connectivity index (χ0n) is 61.7. The van der Waals surface area contributed by atoms with Gasteiger partial charge in [-0.3, -0.25) is 67.1 Å². The summed E-state index contributed by atoms with van der Waals surface area (Å²) in [6.45, 7) is 4.89. The van der Waals surface area contributed by atoms with E-state index in [2.05, 4.69) is 109 Å². The van der Waals surface area contributed by atoms with Gasteiger partial charge in [0.1, 0.15) is 78.8 Å². The number of amides is 12. The van der Waals surface area contributed by atoms with Crippen molar-refractivity contribution in [2.75, 3.05) is 24.6 Å². The number of phenolic OH excluding ortho intramolecular Hbond substituents is 1. The van der Waals surface area contributed by atoms with Gasteiger partial charge in [0.2, 0.25) is 70.9 Å². The number of carbonyl (C=O) groups excluding carboxylic acids is 12. The zero-order valence-corrected chi connectivity index (χ0v) is 63.5. The summed E-state index contributed by atoms with van der Waals surface area (Å²) < 4.78 is 0. The number of carboxylic acid groups (broad SMARTS) is 2. The van der Waals surface area contributed by atoms with E-state index in [4.69, 9.17) is 5.73 Å². The van der Waals surface area contributed by atoms with Crippen LogP contribution < -0.4 is 69.5 Å². The van der Waals surface area contributed by atoms with E-state index in [-0.39, 0.29) is 68.7 Å². The molecule has 112 heavy (non-hydrogen) atoms. The number of thiol groups is 2. The van der Waals surface area contributed by atoms with Crippen molar-refractivity contribution >= 4 is 130 Å². The van der Waals surface area contributed by atoms with Crippen molar-refractivity contribution < 1.29 is 87.5 Å². The number of imidazole rings is 1. The smallest absolute Gasteiger partial charge is 0.322 e. The van der Waals surface area contributed by atoms with Gasteiger partial charge in [0, 0.05) is 96.6 Å². The molecule has 7 aromatic rings. The summed E-state index contributed by atoms with van der Waals surface area (Å²) in [6, 6.07) is 10.6. The number of aliphatic hydroxyl groups is 1. The monoisotopic (exact) mass is 1590 g/mol. The van der Waals surface area contributed by atoms with Crippen LogP contribution in [0.3, 0.4) is 0 Å². The number of hydrogen-bond acceptors (Lipinski definition) is 20. The fraction of sp³-hybridized carbons (Fsp3) is 0.400. The highest BCUT2D eigenvalue weighted by Crippen LogP contribution is 2.23. The van der Waals surface area contributed by atoms with Crippen molar-refractivity contribution in [1.82, 2.24) is 83.7 Å². The van der Waals surface area contributed by atoms with Crippen LogP contribution in [0.2, 0.25) is 0 Å². The second-order valence-electron chi connectivity index (χ2n) is 27.0. The molecule has 4 aromatic carbocycles. The lowest BCUT2D eigenvalue weighted by Crippen LogP contribution is -2.62. The maximum absolute atomic E-state index is 15.2. The minimum atomic E-state index is -1.89. The summed E-state index contributed by atoms with van der Waals surface area (Å²) in [5.74, 6) is -16.0. The number of nitrogens with zero attached hydrogens (tertiary/aromatic N) is 1. The van der Waals surface area contributed by atoms with Gasteiger partial charge in [-0.25, -0.2) is 4.98 Å². The van der Waals surface area contributed by atoms with Gasteiger partial charge < -0.3 is 105 Å². The Kier molecular flexibility index (Phi) is 33.5. The van der Waals surface area contributed by atoms with Gasteiger partial charge in [-0.1, -0.05) is 92.7 Å². The summed E-state index contributed by atoms with van der Waals surface area (Å²) in [5.41, 5.74) is 9.16. The summed E-state index contributed by atoms with van der Waals surface area (Å²) >= 11 is 8.55. The molecule has 3 aromatic heterocycles. The maximum atomic E-state index is 15.2. The summed E-state index contributed by atoms with van der Waals surface area (Å²) in [7, 11) is 0. The average molecular weight is 1590 g/mol. The molecular formula is C75H95N17O18S2. The van der Waals surface area contributed by atoms with Crippen molar-refractivity contribution in [3.05, 3.63) is 156 Å². The molecule has 0 saturated heterocycles. The van der Waals surface area contributed by atoms with E-state index in [1.165, 1.54) is 50.6 Å². The molecule has 0 aliphatic heterocycles. The first-order valence-electron chi connectivity index (χ1n) is 36.0. The van der Waals surface area contributed by atoms with Crippen molar-refractivity contribution in [1.29, 1.82) is 0 Å². The lowest BCUT2D eigenvalue weighted by atomic mass is 9.99. The lowest BCUT2D eigenvalue weighted by molar-refractivity contribution is -0.141. The Hall–Kier alpha value is -11.8. The Morgan fingerprint density at radius 2 is 0.866 bits per heavy atom. The molecule has 0 radical (unpaired) electrons. The summed E-state index contributed by atoms with van der Waals surface area (Å²) in [5, 5.41) is 72.4. The first-order chi connectivity index (χ1) is 53.4. The largest absolute Gasteiger partial charge is 0.508 e. The van der Waals surface area contributed by atoms with Crippen LogP contribution >= 0.6 is 25.3 Å². The minimum Gasteiger partial charge on any atom is -0.508 e. The van der Waals surface area contributed by atoms with E-state index >= 15 is 9.59 Å². The zero-order chi connectivity index (χ0) is 81.7. The molecule has 0 bridgehead atoms. The quantitative estimate of drug-likeness (QED) is 0.0155. The van der Waals surface area contributed by atoms with Crippen LogP contribution in [0.25, 0.3) is 21.8 Å². The predicted octanol–water partition coefficient (Wildman–Crippen LogP) is -1.36. The van der Waals surface area contributed by atoms with Crippen LogP contribution in [0, 0.1) is 5.92 Å². The molecule has 35 nitrogen and oxygen atoms in total. The van der Waals surface area contributed by atoms with Crippen LogP contribution in [-0.2, 0) is 99.2 Å². The molecular weight excluding hydrogens is 1490 g/mol.